The second kappa shape index (κ2) is 3.03. The molecular weight excluding hydrogens is 180 g/mol. The lowest BCUT2D eigenvalue weighted by Crippen LogP contribution is -2.03. The summed E-state index contributed by atoms with van der Waals surface area (Å²) in [5, 5.41) is 3.06. The minimum absolute atomic E-state index is 0.919. The maximum atomic E-state index is 3.32. The van der Waals surface area contributed by atoms with E-state index in [2.05, 4.69) is 32.3 Å². The second-order valence-corrected chi connectivity index (χ2v) is 2.74. The highest BCUT2D eigenvalue weighted by molar-refractivity contribution is 9.10. The lowest BCUT2D eigenvalue weighted by molar-refractivity contribution is 0.819. The minimum atomic E-state index is 0.919. The Morgan fingerprint density at radius 3 is 3.00 bits per heavy atom. The van der Waals surface area contributed by atoms with Crippen molar-refractivity contribution in [1.29, 1.82) is 0 Å². The summed E-state index contributed by atoms with van der Waals surface area (Å²) in [6.45, 7) is 0.919. The van der Waals surface area contributed by atoms with E-state index >= 15 is 0 Å². The maximum Gasteiger partial charge on any atom is 0.0823 e. The Bertz CT molecular complexity index is 183. The summed E-state index contributed by atoms with van der Waals surface area (Å²) in [7, 11) is 1.93. The predicted molar refractivity (Wildman–Crippen MR) is 41.3 cm³/mol. The molecule has 2 nitrogen and oxygen atoms in total. The van der Waals surface area contributed by atoms with Crippen molar-refractivity contribution in [2.75, 3.05) is 7.05 Å². The van der Waals surface area contributed by atoms with Crippen LogP contribution in [0.4, 0.5) is 0 Å². The number of aromatic amines is 1. The van der Waals surface area contributed by atoms with Gasteiger partial charge in [0.15, 0.2) is 0 Å². The van der Waals surface area contributed by atoms with Crippen molar-refractivity contribution < 1.29 is 0 Å². The van der Waals surface area contributed by atoms with Gasteiger partial charge in [0.1, 0.15) is 0 Å². The first-order valence-corrected chi connectivity index (χ1v) is 3.59. The molecule has 1 aromatic rings. The minimum Gasteiger partial charge on any atom is -0.356 e. The van der Waals surface area contributed by atoms with Crippen molar-refractivity contribution in [1.82, 2.24) is 10.3 Å². The average molecular weight is 189 g/mol. The Kier molecular flexibility index (Phi) is 2.30. The fourth-order valence-electron chi connectivity index (χ4n) is 0.714. The fraction of sp³-hybridized carbons (Fsp3) is 0.333. The highest BCUT2D eigenvalue weighted by atomic mass is 79.9. The zero-order valence-corrected chi connectivity index (χ0v) is 6.83. The molecule has 50 valence electrons. The molecule has 0 aliphatic carbocycles. The molecule has 1 rings (SSSR count). The Morgan fingerprint density at radius 2 is 2.56 bits per heavy atom. The third-order valence-electron chi connectivity index (χ3n) is 1.09. The molecule has 0 aliphatic rings. The summed E-state index contributed by atoms with van der Waals surface area (Å²) in [5.41, 5.74) is 1.27. The molecule has 2 N–H and O–H groups in total. The van der Waals surface area contributed by atoms with Crippen molar-refractivity contribution in [3.05, 3.63) is 22.4 Å². The maximum absolute atomic E-state index is 3.32. The predicted octanol–water partition coefficient (Wildman–Crippen LogP) is 1.50. The first-order chi connectivity index (χ1) is 4.33. The molecule has 0 aliphatic heterocycles. The van der Waals surface area contributed by atoms with E-state index in [0.29, 0.717) is 0 Å². The van der Waals surface area contributed by atoms with Gasteiger partial charge in [0.2, 0.25) is 0 Å². The molecule has 0 fully saturated rings. The van der Waals surface area contributed by atoms with E-state index in [1.54, 1.807) is 0 Å². The smallest absolute Gasteiger partial charge is 0.0823 e. The number of halogens is 1. The molecule has 0 bridgehead atoms. The Hall–Kier alpha value is -0.280. The van der Waals surface area contributed by atoms with Crippen molar-refractivity contribution in [3.63, 3.8) is 0 Å². The topological polar surface area (TPSA) is 27.8 Å². The Morgan fingerprint density at radius 1 is 1.78 bits per heavy atom. The largest absolute Gasteiger partial charge is 0.356 e. The highest BCUT2D eigenvalue weighted by Gasteiger charge is 1.91. The molecule has 1 aromatic heterocycles. The summed E-state index contributed by atoms with van der Waals surface area (Å²) in [4.78, 5) is 3.03. The van der Waals surface area contributed by atoms with Gasteiger partial charge in [-0.25, -0.2) is 0 Å². The van der Waals surface area contributed by atoms with Gasteiger partial charge in [-0.2, -0.15) is 0 Å². The summed E-state index contributed by atoms with van der Waals surface area (Å²) in [5.74, 6) is 0. The molecule has 0 amide bonds. The number of hydrogen-bond donors (Lipinski definition) is 2. The third-order valence-corrected chi connectivity index (χ3v) is 1.55. The van der Waals surface area contributed by atoms with E-state index in [9.17, 15) is 0 Å². The number of hydrogen-bond acceptors (Lipinski definition) is 1. The number of nitrogens with one attached hydrogen (secondary N) is 2. The summed E-state index contributed by atoms with van der Waals surface area (Å²) < 4.78 is 1.03. The number of rotatable bonds is 2. The van der Waals surface area contributed by atoms with Crippen LogP contribution in [0.1, 0.15) is 5.56 Å². The normalized spacial score (nSPS) is 10.0. The van der Waals surface area contributed by atoms with Gasteiger partial charge in [0.25, 0.3) is 0 Å². The van der Waals surface area contributed by atoms with Crippen LogP contribution in [0.15, 0.2) is 16.9 Å². The van der Waals surface area contributed by atoms with Crippen LogP contribution >= 0.6 is 15.9 Å². The van der Waals surface area contributed by atoms with Crippen LogP contribution < -0.4 is 5.32 Å². The van der Waals surface area contributed by atoms with Crippen LogP contribution in [0.5, 0.6) is 0 Å². The fourth-order valence-corrected chi connectivity index (χ4v) is 1.12. The molecule has 0 radical (unpaired) electrons. The lowest BCUT2D eigenvalue weighted by Gasteiger charge is -1.89. The van der Waals surface area contributed by atoms with Crippen LogP contribution in [-0.2, 0) is 6.54 Å². The van der Waals surface area contributed by atoms with E-state index in [0.717, 1.165) is 11.1 Å². The molecule has 3 heteroatoms. The molecule has 9 heavy (non-hydrogen) atoms. The van der Waals surface area contributed by atoms with Crippen LogP contribution in [0.25, 0.3) is 0 Å². The van der Waals surface area contributed by atoms with Crippen molar-refractivity contribution in [3.8, 4) is 0 Å². The van der Waals surface area contributed by atoms with Gasteiger partial charge in [-0.05, 0) is 34.6 Å². The van der Waals surface area contributed by atoms with E-state index in [1.165, 1.54) is 5.56 Å². The van der Waals surface area contributed by atoms with Gasteiger partial charge in [0.05, 0.1) is 4.60 Å². The molecule has 0 saturated carbocycles. The zero-order chi connectivity index (χ0) is 6.69. The van der Waals surface area contributed by atoms with E-state index in [4.69, 9.17) is 0 Å². The van der Waals surface area contributed by atoms with Crippen molar-refractivity contribution in [2.45, 2.75) is 6.54 Å². The molecule has 1 heterocycles. The van der Waals surface area contributed by atoms with E-state index < -0.39 is 0 Å². The summed E-state index contributed by atoms with van der Waals surface area (Å²) in [6, 6.07) is 2.05. The number of aromatic nitrogens is 1. The van der Waals surface area contributed by atoms with Crippen LogP contribution in [0, 0.1) is 0 Å². The average Bonchev–Trinajstić information content (AvgIpc) is 2.17. The van der Waals surface area contributed by atoms with Crippen molar-refractivity contribution >= 4 is 15.9 Å². The number of H-pyrrole nitrogens is 1. The van der Waals surface area contributed by atoms with Gasteiger partial charge >= 0.3 is 0 Å². The van der Waals surface area contributed by atoms with Gasteiger partial charge in [-0.1, -0.05) is 0 Å². The summed E-state index contributed by atoms with van der Waals surface area (Å²) in [6.07, 6.45) is 1.97. The Balaban J connectivity index is 2.61. The molecule has 0 unspecified atom stereocenters. The van der Waals surface area contributed by atoms with Gasteiger partial charge in [-0.15, -0.1) is 0 Å². The Labute approximate surface area is 62.8 Å². The van der Waals surface area contributed by atoms with Gasteiger partial charge in [0, 0.05) is 12.7 Å². The van der Waals surface area contributed by atoms with Crippen LogP contribution in [0.2, 0.25) is 0 Å². The summed E-state index contributed by atoms with van der Waals surface area (Å²) >= 11 is 3.32. The molecule has 0 aromatic carbocycles. The third kappa shape index (κ3) is 1.84. The first kappa shape index (κ1) is 6.83. The van der Waals surface area contributed by atoms with Crippen LogP contribution in [0.3, 0.4) is 0 Å². The monoisotopic (exact) mass is 188 g/mol. The quantitative estimate of drug-likeness (QED) is 0.724. The zero-order valence-electron chi connectivity index (χ0n) is 5.24. The lowest BCUT2D eigenvalue weighted by atomic mass is 10.3. The first-order valence-electron chi connectivity index (χ1n) is 2.80. The molecule has 0 saturated heterocycles. The van der Waals surface area contributed by atoms with E-state index in [-0.39, 0.29) is 0 Å². The second-order valence-electron chi connectivity index (χ2n) is 1.89. The SMILES string of the molecule is CNCc1c[nH]c(Br)c1. The molecule has 0 spiro atoms. The van der Waals surface area contributed by atoms with Crippen molar-refractivity contribution in [2.24, 2.45) is 0 Å². The van der Waals surface area contributed by atoms with E-state index in [1.807, 2.05) is 13.2 Å². The van der Waals surface area contributed by atoms with Gasteiger partial charge in [-0.3, -0.25) is 0 Å². The van der Waals surface area contributed by atoms with Crippen LogP contribution in [-0.4, -0.2) is 12.0 Å². The van der Waals surface area contributed by atoms with Gasteiger partial charge < -0.3 is 10.3 Å². The molecule has 0 atom stereocenters. The standard InChI is InChI=1S/C6H9BrN2/c1-8-3-5-2-6(7)9-4-5/h2,4,8-9H,3H2,1H3. The molecular formula is C6H9BrN2. The highest BCUT2D eigenvalue weighted by Crippen LogP contribution is 2.08.